The van der Waals surface area contributed by atoms with Gasteiger partial charge in [0.05, 0.1) is 34.3 Å². The van der Waals surface area contributed by atoms with E-state index < -0.39 is 0 Å². The molecule has 2 aromatic carbocycles. The van der Waals surface area contributed by atoms with Crippen LogP contribution in [0.5, 0.6) is 0 Å². The number of likely N-dealkylation sites (tertiary alicyclic amines) is 1. The summed E-state index contributed by atoms with van der Waals surface area (Å²) in [7, 11) is 0. The average Bonchev–Trinajstić information content (AvgIpc) is 3.60. The van der Waals surface area contributed by atoms with Crippen molar-refractivity contribution in [1.82, 2.24) is 19.4 Å². The summed E-state index contributed by atoms with van der Waals surface area (Å²) in [5, 5.41) is 13.2. The molecule has 1 saturated heterocycles. The summed E-state index contributed by atoms with van der Waals surface area (Å²) in [4.78, 5) is 26.5. The molecule has 1 aliphatic rings. The molecule has 4 heterocycles. The highest BCUT2D eigenvalue weighted by Crippen LogP contribution is 2.37. The van der Waals surface area contributed by atoms with Gasteiger partial charge in [0.25, 0.3) is 5.56 Å². The van der Waals surface area contributed by atoms with Crippen LogP contribution in [0.2, 0.25) is 0 Å². The number of rotatable bonds is 5. The van der Waals surface area contributed by atoms with E-state index in [1.165, 1.54) is 16.0 Å². The second kappa shape index (κ2) is 8.76. The van der Waals surface area contributed by atoms with Crippen LogP contribution in [0, 0.1) is 11.3 Å². The van der Waals surface area contributed by atoms with Crippen molar-refractivity contribution in [3.05, 3.63) is 81.2 Å². The van der Waals surface area contributed by atoms with Crippen LogP contribution >= 0.6 is 22.7 Å². The lowest BCUT2D eigenvalue weighted by atomic mass is 10.1. The fraction of sp³-hybridized carbons (Fsp3) is 0.231. The van der Waals surface area contributed by atoms with Gasteiger partial charge in [0, 0.05) is 10.9 Å². The maximum Gasteiger partial charge on any atom is 0.263 e. The Hall–Kier alpha value is -3.38. The first kappa shape index (κ1) is 21.2. The summed E-state index contributed by atoms with van der Waals surface area (Å²) in [6, 6.07) is 20.5. The van der Waals surface area contributed by atoms with Gasteiger partial charge in [-0.3, -0.25) is 14.3 Å². The van der Waals surface area contributed by atoms with Gasteiger partial charge in [-0.05, 0) is 37.1 Å². The van der Waals surface area contributed by atoms with E-state index >= 15 is 0 Å². The van der Waals surface area contributed by atoms with Crippen molar-refractivity contribution >= 4 is 43.1 Å². The monoisotopic (exact) mass is 483 g/mol. The second-order valence-corrected chi connectivity index (χ2v) is 10.3. The van der Waals surface area contributed by atoms with Crippen LogP contribution in [0.3, 0.4) is 0 Å². The number of benzene rings is 2. The smallest absolute Gasteiger partial charge is 0.263 e. The van der Waals surface area contributed by atoms with Gasteiger partial charge in [-0.15, -0.1) is 22.7 Å². The van der Waals surface area contributed by atoms with Gasteiger partial charge in [0.2, 0.25) is 0 Å². The molecular formula is C26H21N5OS2. The SMILES string of the molecule is N#CCn1c(CN2CCC[C@@H]2c2nc3ccccc3s2)nc2scc(-c3ccccc3)c2c1=O. The first-order valence-electron chi connectivity index (χ1n) is 11.3. The Bertz CT molecular complexity index is 1560. The van der Waals surface area contributed by atoms with E-state index in [0.717, 1.165) is 45.9 Å². The zero-order valence-corrected chi connectivity index (χ0v) is 20.0. The number of fused-ring (bicyclic) bond motifs is 2. The van der Waals surface area contributed by atoms with Crippen LogP contribution in [0.1, 0.15) is 29.7 Å². The number of hydrogen-bond acceptors (Lipinski definition) is 7. The Morgan fingerprint density at radius 3 is 2.74 bits per heavy atom. The summed E-state index contributed by atoms with van der Waals surface area (Å²) in [6.45, 7) is 1.42. The molecule has 0 saturated carbocycles. The quantitative estimate of drug-likeness (QED) is 0.325. The molecule has 5 aromatic rings. The molecule has 6 nitrogen and oxygen atoms in total. The lowest BCUT2D eigenvalue weighted by Gasteiger charge is -2.23. The molecule has 0 amide bonds. The summed E-state index contributed by atoms with van der Waals surface area (Å²) >= 11 is 3.22. The number of thiophene rings is 1. The summed E-state index contributed by atoms with van der Waals surface area (Å²) in [6.07, 6.45) is 2.10. The first-order chi connectivity index (χ1) is 16.7. The molecular weight excluding hydrogens is 462 g/mol. The van der Waals surface area contributed by atoms with Crippen LogP contribution < -0.4 is 5.56 Å². The summed E-state index contributed by atoms with van der Waals surface area (Å²) in [5.41, 5.74) is 2.75. The third kappa shape index (κ3) is 3.62. The standard InChI is InChI=1S/C26H21N5OS2/c27-12-14-31-22(29-25-23(26(31)32)18(16-33-25)17-7-2-1-3-8-17)15-30-13-6-10-20(30)24-28-19-9-4-5-11-21(19)34-24/h1-5,7-9,11,16,20H,6,10,13-15H2/t20-/m1/s1. The summed E-state index contributed by atoms with van der Waals surface area (Å²) < 4.78 is 2.74. The normalized spacial score (nSPS) is 16.4. The fourth-order valence-electron chi connectivity index (χ4n) is 4.76. The van der Waals surface area contributed by atoms with E-state index in [1.54, 1.807) is 15.9 Å². The topological polar surface area (TPSA) is 74.8 Å². The van der Waals surface area contributed by atoms with E-state index in [2.05, 4.69) is 23.1 Å². The van der Waals surface area contributed by atoms with Gasteiger partial charge in [0.1, 0.15) is 22.2 Å². The van der Waals surface area contributed by atoms with Crippen LogP contribution in [0.25, 0.3) is 31.6 Å². The van der Waals surface area contributed by atoms with Crippen molar-refractivity contribution in [1.29, 1.82) is 5.26 Å². The fourth-order valence-corrected chi connectivity index (χ4v) is 6.85. The van der Waals surface area contributed by atoms with Gasteiger partial charge in [-0.2, -0.15) is 5.26 Å². The van der Waals surface area contributed by atoms with E-state index in [4.69, 9.17) is 9.97 Å². The molecule has 0 spiro atoms. The number of para-hydroxylation sites is 1. The molecule has 0 N–H and O–H groups in total. The highest BCUT2D eigenvalue weighted by molar-refractivity contribution is 7.18. The minimum Gasteiger partial charge on any atom is -0.287 e. The Kier molecular flexibility index (Phi) is 5.46. The molecule has 1 aliphatic heterocycles. The van der Waals surface area contributed by atoms with Gasteiger partial charge in [0.15, 0.2) is 0 Å². The molecule has 1 atom stereocenters. The van der Waals surface area contributed by atoms with Crippen molar-refractivity contribution in [2.45, 2.75) is 32.0 Å². The predicted octanol–water partition coefficient (Wildman–Crippen LogP) is 5.60. The van der Waals surface area contributed by atoms with Crippen LogP contribution in [0.4, 0.5) is 0 Å². The Morgan fingerprint density at radius 2 is 1.91 bits per heavy atom. The molecule has 34 heavy (non-hydrogen) atoms. The Labute approximate surface area is 204 Å². The molecule has 6 rings (SSSR count). The number of nitriles is 1. The van der Waals surface area contributed by atoms with E-state index in [1.807, 2.05) is 47.8 Å². The van der Waals surface area contributed by atoms with Gasteiger partial charge < -0.3 is 0 Å². The third-order valence-corrected chi connectivity index (χ3v) is 8.40. The molecule has 168 valence electrons. The number of aromatic nitrogens is 3. The number of hydrogen-bond donors (Lipinski definition) is 0. The second-order valence-electron chi connectivity index (χ2n) is 8.42. The van der Waals surface area contributed by atoms with Crippen LogP contribution in [-0.4, -0.2) is 26.0 Å². The van der Waals surface area contributed by atoms with Crippen molar-refractivity contribution < 1.29 is 0 Å². The van der Waals surface area contributed by atoms with Crippen molar-refractivity contribution in [2.24, 2.45) is 0 Å². The highest BCUT2D eigenvalue weighted by Gasteiger charge is 2.30. The van der Waals surface area contributed by atoms with E-state index in [0.29, 0.717) is 17.8 Å². The maximum absolute atomic E-state index is 13.6. The van der Waals surface area contributed by atoms with Crippen molar-refractivity contribution in [3.63, 3.8) is 0 Å². The highest BCUT2D eigenvalue weighted by atomic mass is 32.1. The number of thiazole rings is 1. The summed E-state index contributed by atoms with van der Waals surface area (Å²) in [5.74, 6) is 0.647. The molecule has 1 fully saturated rings. The largest absolute Gasteiger partial charge is 0.287 e. The first-order valence-corrected chi connectivity index (χ1v) is 13.0. The van der Waals surface area contributed by atoms with E-state index in [9.17, 15) is 10.1 Å². The van der Waals surface area contributed by atoms with Crippen molar-refractivity contribution in [3.8, 4) is 17.2 Å². The lowest BCUT2D eigenvalue weighted by molar-refractivity contribution is 0.238. The molecule has 3 aromatic heterocycles. The maximum atomic E-state index is 13.6. The lowest BCUT2D eigenvalue weighted by Crippen LogP contribution is -2.30. The number of nitrogens with zero attached hydrogens (tertiary/aromatic N) is 5. The van der Waals surface area contributed by atoms with Crippen LogP contribution in [0.15, 0.2) is 64.8 Å². The molecule has 8 heteroatoms. The van der Waals surface area contributed by atoms with Gasteiger partial charge in [-0.1, -0.05) is 42.5 Å². The average molecular weight is 484 g/mol. The Morgan fingerprint density at radius 1 is 1.09 bits per heavy atom. The van der Waals surface area contributed by atoms with Gasteiger partial charge >= 0.3 is 0 Å². The third-order valence-electron chi connectivity index (χ3n) is 6.39. The van der Waals surface area contributed by atoms with Crippen LogP contribution in [-0.2, 0) is 13.1 Å². The minimum absolute atomic E-state index is 0.0131. The van der Waals surface area contributed by atoms with Crippen molar-refractivity contribution in [2.75, 3.05) is 6.54 Å². The predicted molar refractivity (Wildman–Crippen MR) is 137 cm³/mol. The molecule has 0 aliphatic carbocycles. The van der Waals surface area contributed by atoms with E-state index in [-0.39, 0.29) is 18.1 Å². The zero-order chi connectivity index (χ0) is 23.1. The molecule has 0 unspecified atom stereocenters. The molecule has 0 bridgehead atoms. The zero-order valence-electron chi connectivity index (χ0n) is 18.3. The van der Waals surface area contributed by atoms with Gasteiger partial charge in [-0.25, -0.2) is 9.97 Å². The Balaban J connectivity index is 1.40. The minimum atomic E-state index is -0.141. The molecule has 0 radical (unpaired) electrons.